The summed E-state index contributed by atoms with van der Waals surface area (Å²) in [5, 5.41) is 2.56. The molecule has 2 unspecified atom stereocenters. The molecule has 0 saturated heterocycles. The lowest BCUT2D eigenvalue weighted by molar-refractivity contribution is -0.110. The summed E-state index contributed by atoms with van der Waals surface area (Å²) in [5.41, 5.74) is -1.54. The maximum atomic E-state index is 14.5. The molecule has 3 aliphatic rings. The van der Waals surface area contributed by atoms with Crippen LogP contribution in [0.5, 0.6) is 5.75 Å². The summed E-state index contributed by atoms with van der Waals surface area (Å²) in [6.45, 7) is 1.88. The Morgan fingerprint density at radius 2 is 2.00 bits per heavy atom. The molecule has 0 radical (unpaired) electrons. The number of nitroso groups, excluding NO2 is 1. The number of hydrogen-bond acceptors (Lipinski definition) is 6. The molecule has 6 nitrogen and oxygen atoms in total. The van der Waals surface area contributed by atoms with Crippen LogP contribution in [0.1, 0.15) is 43.0 Å². The number of carbonyl (C=O) groups is 2. The van der Waals surface area contributed by atoms with E-state index in [1.54, 1.807) is 6.92 Å². The summed E-state index contributed by atoms with van der Waals surface area (Å²) in [7, 11) is 0. The minimum absolute atomic E-state index is 0.0706. The number of Topliss-reactive ketones (excluding diaryl/α,β-unsaturated/α-hetero) is 1. The van der Waals surface area contributed by atoms with E-state index < -0.39 is 35.1 Å². The van der Waals surface area contributed by atoms with Gasteiger partial charge in [0.15, 0.2) is 23.0 Å². The Hall–Kier alpha value is -2.38. The average Bonchev–Trinajstić information content (AvgIpc) is 2.74. The number of ketones is 1. The molecule has 1 fully saturated rings. The average molecular weight is 350 g/mol. The zero-order valence-electron chi connectivity index (χ0n) is 13.6. The smallest absolute Gasteiger partial charge is 0.205 e. The van der Waals surface area contributed by atoms with Crippen LogP contribution in [0.2, 0.25) is 0 Å². The second-order valence-corrected chi connectivity index (χ2v) is 6.93. The van der Waals surface area contributed by atoms with E-state index in [0.717, 1.165) is 19.3 Å². The normalized spacial score (nSPS) is 26.4. The van der Waals surface area contributed by atoms with Gasteiger partial charge in [0.25, 0.3) is 0 Å². The molecule has 1 aliphatic carbocycles. The Morgan fingerprint density at radius 3 is 2.56 bits per heavy atom. The summed E-state index contributed by atoms with van der Waals surface area (Å²) in [5.74, 6) is -4.99. The van der Waals surface area contributed by atoms with Crippen molar-refractivity contribution in [1.29, 1.82) is 0 Å². The number of ether oxygens (including phenoxy) is 1. The number of carbonyl (C=O) groups excluding carboxylic acids is 2. The summed E-state index contributed by atoms with van der Waals surface area (Å²) >= 11 is 0. The van der Waals surface area contributed by atoms with Crippen molar-refractivity contribution in [2.45, 2.75) is 44.2 Å². The van der Waals surface area contributed by atoms with Crippen molar-refractivity contribution in [1.82, 2.24) is 0 Å². The lowest BCUT2D eigenvalue weighted by Gasteiger charge is -2.55. The first-order valence-electron chi connectivity index (χ1n) is 8.27. The standard InChI is InChI=1S/C17H16F2N2O4/c1-8-9(7-22)15(23)10-13(20-24)11(18)12(19)16-14(10)21(8)17(3-2-4-17)5-6-25-16/h7-9H,2-6H2,1H3. The van der Waals surface area contributed by atoms with Gasteiger partial charge in [0.2, 0.25) is 5.82 Å². The maximum absolute atomic E-state index is 14.5. The van der Waals surface area contributed by atoms with E-state index >= 15 is 0 Å². The van der Waals surface area contributed by atoms with Crippen LogP contribution in [0.15, 0.2) is 5.18 Å². The first kappa shape index (κ1) is 16.1. The molecule has 1 saturated carbocycles. The van der Waals surface area contributed by atoms with Crippen LogP contribution in [0, 0.1) is 22.5 Å². The second-order valence-electron chi connectivity index (χ2n) is 6.93. The summed E-state index contributed by atoms with van der Waals surface area (Å²) in [4.78, 5) is 37.3. The highest BCUT2D eigenvalue weighted by Crippen LogP contribution is 2.56. The number of hydrogen-bond donors (Lipinski definition) is 0. The maximum Gasteiger partial charge on any atom is 0.205 e. The number of fused-ring (bicyclic) bond motifs is 1. The van der Waals surface area contributed by atoms with Crippen molar-refractivity contribution in [3.63, 3.8) is 0 Å². The molecule has 8 heteroatoms. The minimum Gasteiger partial charge on any atom is -0.488 e. The van der Waals surface area contributed by atoms with Gasteiger partial charge in [-0.05, 0) is 31.4 Å². The van der Waals surface area contributed by atoms with Crippen LogP contribution in [-0.4, -0.2) is 30.3 Å². The van der Waals surface area contributed by atoms with Gasteiger partial charge >= 0.3 is 0 Å². The van der Waals surface area contributed by atoms with Crippen LogP contribution in [0.4, 0.5) is 20.2 Å². The largest absolute Gasteiger partial charge is 0.488 e. The van der Waals surface area contributed by atoms with E-state index in [9.17, 15) is 23.3 Å². The zero-order valence-corrected chi connectivity index (χ0v) is 13.6. The molecule has 1 aromatic rings. The molecule has 2 aliphatic heterocycles. The van der Waals surface area contributed by atoms with E-state index in [4.69, 9.17) is 4.74 Å². The van der Waals surface area contributed by atoms with Gasteiger partial charge in [-0.3, -0.25) is 4.79 Å². The lowest BCUT2D eigenvalue weighted by atomic mass is 9.70. The summed E-state index contributed by atoms with van der Waals surface area (Å²) < 4.78 is 34.3. The predicted octanol–water partition coefficient (Wildman–Crippen LogP) is 3.27. The molecule has 4 rings (SSSR count). The van der Waals surface area contributed by atoms with Crippen molar-refractivity contribution in [3.05, 3.63) is 22.1 Å². The fourth-order valence-electron chi connectivity index (χ4n) is 4.46. The molecular formula is C17H16F2N2O4. The van der Waals surface area contributed by atoms with E-state index in [1.165, 1.54) is 0 Å². The van der Waals surface area contributed by atoms with Crippen LogP contribution in [0.25, 0.3) is 0 Å². The number of rotatable bonds is 2. The van der Waals surface area contributed by atoms with Gasteiger partial charge in [-0.2, -0.15) is 4.39 Å². The summed E-state index contributed by atoms with van der Waals surface area (Å²) in [6.07, 6.45) is 3.61. The molecule has 0 N–H and O–H groups in total. The molecule has 1 aromatic carbocycles. The third-order valence-electron chi connectivity index (χ3n) is 5.85. The number of halogens is 2. The van der Waals surface area contributed by atoms with Gasteiger partial charge in [-0.25, -0.2) is 4.39 Å². The molecule has 2 heterocycles. The van der Waals surface area contributed by atoms with Crippen LogP contribution < -0.4 is 9.64 Å². The second kappa shape index (κ2) is 5.31. The number of benzene rings is 1. The van der Waals surface area contributed by atoms with Crippen molar-refractivity contribution >= 4 is 23.4 Å². The number of nitrogens with zero attached hydrogens (tertiary/aromatic N) is 2. The fourth-order valence-corrected chi connectivity index (χ4v) is 4.46. The van der Waals surface area contributed by atoms with Gasteiger partial charge in [0, 0.05) is 18.0 Å². The Balaban J connectivity index is 2.10. The fraction of sp³-hybridized carbons (Fsp3) is 0.529. The van der Waals surface area contributed by atoms with Crippen molar-refractivity contribution < 1.29 is 23.1 Å². The van der Waals surface area contributed by atoms with Gasteiger partial charge in [-0.15, -0.1) is 4.91 Å². The predicted molar refractivity (Wildman–Crippen MR) is 84.3 cm³/mol. The van der Waals surface area contributed by atoms with E-state index in [-0.39, 0.29) is 29.1 Å². The Morgan fingerprint density at radius 1 is 1.28 bits per heavy atom. The Kier molecular flexibility index (Phi) is 3.42. The molecular weight excluding hydrogens is 334 g/mol. The number of anilines is 1. The lowest BCUT2D eigenvalue weighted by Crippen LogP contribution is -2.62. The molecule has 2 atom stereocenters. The highest BCUT2D eigenvalue weighted by atomic mass is 19.2. The monoisotopic (exact) mass is 350 g/mol. The number of aldehydes is 1. The Labute approximate surface area is 142 Å². The van der Waals surface area contributed by atoms with E-state index in [0.29, 0.717) is 12.7 Å². The van der Waals surface area contributed by atoms with Crippen LogP contribution >= 0.6 is 0 Å². The first-order chi connectivity index (χ1) is 12.0. The van der Waals surface area contributed by atoms with Crippen LogP contribution in [0.3, 0.4) is 0 Å². The van der Waals surface area contributed by atoms with Gasteiger partial charge in [0.05, 0.1) is 23.8 Å². The highest BCUT2D eigenvalue weighted by Gasteiger charge is 2.54. The SMILES string of the molecule is CC1C(C=O)C(=O)c2c(N=O)c(F)c(F)c3c2N1C1(CCC1)CCO3. The van der Waals surface area contributed by atoms with Crippen molar-refractivity contribution in [2.24, 2.45) is 11.1 Å². The molecule has 1 spiro atoms. The zero-order chi connectivity index (χ0) is 17.9. The van der Waals surface area contributed by atoms with E-state index in [2.05, 4.69) is 5.18 Å². The topological polar surface area (TPSA) is 76.0 Å². The molecule has 0 bridgehead atoms. The third-order valence-corrected chi connectivity index (χ3v) is 5.85. The van der Waals surface area contributed by atoms with Gasteiger partial charge < -0.3 is 14.4 Å². The molecule has 132 valence electrons. The van der Waals surface area contributed by atoms with Crippen molar-refractivity contribution in [3.8, 4) is 5.75 Å². The Bertz CT molecular complexity index is 807. The molecule has 25 heavy (non-hydrogen) atoms. The van der Waals surface area contributed by atoms with Gasteiger partial charge in [0.1, 0.15) is 6.29 Å². The van der Waals surface area contributed by atoms with Crippen LogP contribution in [-0.2, 0) is 4.79 Å². The summed E-state index contributed by atoms with van der Waals surface area (Å²) in [6, 6.07) is -0.539. The molecule has 0 aromatic heterocycles. The van der Waals surface area contributed by atoms with Gasteiger partial charge in [-0.1, -0.05) is 0 Å². The third kappa shape index (κ3) is 1.88. The first-order valence-corrected chi connectivity index (χ1v) is 8.27. The quantitative estimate of drug-likeness (QED) is 0.465. The minimum atomic E-state index is -1.51. The highest BCUT2D eigenvalue weighted by molar-refractivity contribution is 6.15. The molecule has 0 amide bonds. The van der Waals surface area contributed by atoms with Crippen molar-refractivity contribution in [2.75, 3.05) is 11.5 Å². The van der Waals surface area contributed by atoms with E-state index in [1.807, 2.05) is 4.90 Å².